The van der Waals surface area contributed by atoms with Gasteiger partial charge in [-0.05, 0) is 17.8 Å². The molecule has 0 unspecified atom stereocenters. The second kappa shape index (κ2) is 11.1. The number of carbonyl (C=O) groups is 1. The summed E-state index contributed by atoms with van der Waals surface area (Å²) in [5.41, 5.74) is 5.34. The van der Waals surface area contributed by atoms with Crippen molar-refractivity contribution in [3.8, 4) is 0 Å². The molecule has 1 amide bonds. The fourth-order valence-corrected chi connectivity index (χ4v) is 2.34. The van der Waals surface area contributed by atoms with Crippen molar-refractivity contribution < 1.29 is 14.3 Å². The Kier molecular flexibility index (Phi) is 10.7. The molecule has 0 spiro atoms. The van der Waals surface area contributed by atoms with Crippen molar-refractivity contribution in [3.05, 3.63) is 0 Å². The second-order valence-electron chi connectivity index (χ2n) is 6.30. The first-order valence-electron chi connectivity index (χ1n) is 7.49. The van der Waals surface area contributed by atoms with Gasteiger partial charge in [-0.15, -0.1) is 0 Å². The number of hydrogen-bond donors (Lipinski definition) is 2. The van der Waals surface area contributed by atoms with E-state index in [1.165, 1.54) is 0 Å². The lowest BCUT2D eigenvalue weighted by Gasteiger charge is -2.25. The van der Waals surface area contributed by atoms with Gasteiger partial charge in [0.25, 0.3) is 0 Å². The van der Waals surface area contributed by atoms with Crippen molar-refractivity contribution in [1.29, 1.82) is 0 Å². The maximum atomic E-state index is 11.8. The van der Waals surface area contributed by atoms with E-state index in [1.807, 2.05) is 0 Å². The van der Waals surface area contributed by atoms with Crippen LogP contribution in [0.5, 0.6) is 0 Å². The molecule has 120 valence electrons. The molecule has 0 heterocycles. The van der Waals surface area contributed by atoms with E-state index in [9.17, 15) is 4.79 Å². The van der Waals surface area contributed by atoms with Crippen LogP contribution in [-0.2, 0) is 14.3 Å². The number of ether oxygens (including phenoxy) is 2. The summed E-state index contributed by atoms with van der Waals surface area (Å²) in [7, 11) is 0. The molecule has 0 bridgehead atoms. The molecule has 0 aromatic rings. The van der Waals surface area contributed by atoms with Crippen molar-refractivity contribution in [2.24, 2.45) is 17.1 Å². The first-order chi connectivity index (χ1) is 9.37. The number of hydrogen-bond acceptors (Lipinski definition) is 4. The molecule has 0 saturated heterocycles. The average molecular weight is 288 g/mol. The van der Waals surface area contributed by atoms with Gasteiger partial charge in [0.1, 0.15) is 0 Å². The van der Waals surface area contributed by atoms with Crippen LogP contribution in [0.15, 0.2) is 0 Å². The minimum Gasteiger partial charge on any atom is -0.378 e. The number of nitrogens with one attached hydrogen (secondary N) is 1. The third kappa shape index (κ3) is 12.4. The van der Waals surface area contributed by atoms with Gasteiger partial charge in [-0.1, -0.05) is 27.7 Å². The zero-order valence-corrected chi connectivity index (χ0v) is 13.5. The van der Waals surface area contributed by atoms with Crippen LogP contribution in [-0.4, -0.2) is 45.4 Å². The van der Waals surface area contributed by atoms with Crippen LogP contribution in [0.4, 0.5) is 0 Å². The molecule has 0 aromatic heterocycles. The third-order valence-corrected chi connectivity index (χ3v) is 2.80. The highest BCUT2D eigenvalue weighted by Gasteiger charge is 2.22. The molecule has 3 N–H and O–H groups in total. The molecule has 0 aliphatic heterocycles. The molecule has 0 rings (SSSR count). The van der Waals surface area contributed by atoms with E-state index < -0.39 is 0 Å². The van der Waals surface area contributed by atoms with Gasteiger partial charge in [0.15, 0.2) is 0 Å². The Bertz CT molecular complexity index is 256. The minimum atomic E-state index is 0.0508. The van der Waals surface area contributed by atoms with E-state index in [-0.39, 0.29) is 11.3 Å². The fourth-order valence-electron chi connectivity index (χ4n) is 2.34. The zero-order chi connectivity index (χ0) is 15.4. The standard InChI is InChI=1S/C15H32N2O3/c1-13(2)11-15(3,4)12-14(18)17-6-8-20-10-9-19-7-5-16/h13H,5-12,16H2,1-4H3,(H,17,18). The lowest BCUT2D eigenvalue weighted by molar-refractivity contribution is -0.123. The van der Waals surface area contributed by atoms with Crippen LogP contribution in [0.3, 0.4) is 0 Å². The molecular weight excluding hydrogens is 256 g/mol. The van der Waals surface area contributed by atoms with Gasteiger partial charge in [-0.2, -0.15) is 0 Å². The van der Waals surface area contributed by atoms with Gasteiger partial charge in [0.2, 0.25) is 5.91 Å². The molecule has 0 aliphatic rings. The van der Waals surface area contributed by atoms with Gasteiger partial charge in [-0.3, -0.25) is 4.79 Å². The molecule has 0 aliphatic carbocycles. The smallest absolute Gasteiger partial charge is 0.220 e. The Labute approximate surface area is 123 Å². The summed E-state index contributed by atoms with van der Waals surface area (Å²) < 4.78 is 10.5. The Morgan fingerprint density at radius 3 is 2.30 bits per heavy atom. The summed E-state index contributed by atoms with van der Waals surface area (Å²) in [5, 5.41) is 2.89. The largest absolute Gasteiger partial charge is 0.378 e. The quantitative estimate of drug-likeness (QED) is 0.534. The van der Waals surface area contributed by atoms with Crippen LogP contribution >= 0.6 is 0 Å². The molecule has 0 saturated carbocycles. The predicted octanol–water partition coefficient (Wildman–Crippen LogP) is 1.56. The van der Waals surface area contributed by atoms with E-state index in [0.717, 1.165) is 6.42 Å². The van der Waals surface area contributed by atoms with Crippen molar-refractivity contribution >= 4 is 5.91 Å². The van der Waals surface area contributed by atoms with Crippen molar-refractivity contribution in [2.75, 3.05) is 39.5 Å². The van der Waals surface area contributed by atoms with Crippen molar-refractivity contribution in [1.82, 2.24) is 5.32 Å². The zero-order valence-electron chi connectivity index (χ0n) is 13.5. The van der Waals surface area contributed by atoms with Crippen LogP contribution in [0.25, 0.3) is 0 Å². The first-order valence-corrected chi connectivity index (χ1v) is 7.49. The summed E-state index contributed by atoms with van der Waals surface area (Å²) in [6.07, 6.45) is 1.61. The predicted molar refractivity (Wildman–Crippen MR) is 81.6 cm³/mol. The lowest BCUT2D eigenvalue weighted by Crippen LogP contribution is -2.32. The van der Waals surface area contributed by atoms with E-state index >= 15 is 0 Å². The first kappa shape index (κ1) is 19.4. The number of nitrogens with two attached hydrogens (primary N) is 1. The highest BCUT2D eigenvalue weighted by molar-refractivity contribution is 5.76. The van der Waals surface area contributed by atoms with Crippen molar-refractivity contribution in [2.45, 2.75) is 40.5 Å². The molecule has 0 atom stereocenters. The Balaban J connectivity index is 3.54. The Morgan fingerprint density at radius 2 is 1.75 bits per heavy atom. The van der Waals surface area contributed by atoms with E-state index in [1.54, 1.807) is 0 Å². The summed E-state index contributed by atoms with van der Waals surface area (Å²) in [6.45, 7) is 11.9. The van der Waals surface area contributed by atoms with E-state index in [0.29, 0.717) is 51.9 Å². The number of amides is 1. The maximum absolute atomic E-state index is 11.8. The van der Waals surface area contributed by atoms with Gasteiger partial charge in [-0.25, -0.2) is 0 Å². The normalized spacial score (nSPS) is 11.9. The monoisotopic (exact) mass is 288 g/mol. The van der Waals surface area contributed by atoms with Gasteiger partial charge in [0, 0.05) is 19.5 Å². The van der Waals surface area contributed by atoms with E-state index in [4.69, 9.17) is 15.2 Å². The lowest BCUT2D eigenvalue weighted by atomic mass is 9.81. The topological polar surface area (TPSA) is 73.6 Å². The molecule has 20 heavy (non-hydrogen) atoms. The molecule has 5 nitrogen and oxygen atoms in total. The third-order valence-electron chi connectivity index (χ3n) is 2.80. The Morgan fingerprint density at radius 1 is 1.15 bits per heavy atom. The van der Waals surface area contributed by atoms with Gasteiger partial charge < -0.3 is 20.5 Å². The molecule has 0 radical (unpaired) electrons. The highest BCUT2D eigenvalue weighted by atomic mass is 16.5. The number of carbonyl (C=O) groups excluding carboxylic acids is 1. The van der Waals surface area contributed by atoms with Crippen molar-refractivity contribution in [3.63, 3.8) is 0 Å². The number of rotatable bonds is 12. The molecule has 0 aromatic carbocycles. The summed E-state index contributed by atoms with van der Waals surface area (Å²) >= 11 is 0. The molecular formula is C15H32N2O3. The van der Waals surface area contributed by atoms with Crippen LogP contribution in [0.1, 0.15) is 40.5 Å². The highest BCUT2D eigenvalue weighted by Crippen LogP contribution is 2.28. The summed E-state index contributed by atoms with van der Waals surface area (Å²) in [4.78, 5) is 11.8. The average Bonchev–Trinajstić information content (AvgIpc) is 2.30. The van der Waals surface area contributed by atoms with Crippen LogP contribution in [0.2, 0.25) is 0 Å². The van der Waals surface area contributed by atoms with Crippen LogP contribution < -0.4 is 11.1 Å². The minimum absolute atomic E-state index is 0.0508. The molecule has 0 fully saturated rings. The summed E-state index contributed by atoms with van der Waals surface area (Å²) in [6, 6.07) is 0. The fraction of sp³-hybridized carbons (Fsp3) is 0.933. The van der Waals surface area contributed by atoms with Crippen LogP contribution in [0, 0.1) is 11.3 Å². The summed E-state index contributed by atoms with van der Waals surface area (Å²) in [5.74, 6) is 0.702. The second-order valence-corrected chi connectivity index (χ2v) is 6.30. The van der Waals surface area contributed by atoms with Gasteiger partial charge in [0.05, 0.1) is 26.4 Å². The maximum Gasteiger partial charge on any atom is 0.220 e. The Hall–Kier alpha value is -0.650. The van der Waals surface area contributed by atoms with Gasteiger partial charge >= 0.3 is 0 Å². The van der Waals surface area contributed by atoms with E-state index in [2.05, 4.69) is 33.0 Å². The molecule has 5 heteroatoms. The SMILES string of the molecule is CC(C)CC(C)(C)CC(=O)NCCOCCOCCN.